The van der Waals surface area contributed by atoms with Crippen LogP contribution in [0.4, 0.5) is 0 Å². The van der Waals surface area contributed by atoms with E-state index in [9.17, 15) is 4.79 Å². The zero-order valence-electron chi connectivity index (χ0n) is 3.83. The molecule has 0 aromatic rings. The third-order valence-electron chi connectivity index (χ3n) is 0.854. The largest absolute Gasteiger partial charge is 0.307 e. The number of hydrogen-bond acceptors (Lipinski definition) is 2. The van der Waals surface area contributed by atoms with Crippen LogP contribution < -0.4 is 0 Å². The van der Waals surface area contributed by atoms with Gasteiger partial charge in [-0.3, -0.25) is 4.79 Å². The van der Waals surface area contributed by atoms with Gasteiger partial charge in [0.05, 0.1) is 0 Å². The van der Waals surface area contributed by atoms with E-state index in [0.717, 1.165) is 0 Å². The average molecular weight is 210 g/mol. The van der Waals surface area contributed by atoms with Crippen molar-refractivity contribution in [1.29, 1.82) is 0 Å². The van der Waals surface area contributed by atoms with Crippen LogP contribution in [0.3, 0.4) is 0 Å². The Balaban J connectivity index is 2.74. The number of hydrogen-bond donors (Lipinski definition) is 0. The van der Waals surface area contributed by atoms with Crippen LogP contribution in [0, 0.1) is 0 Å². The lowest BCUT2D eigenvalue weighted by Gasteiger charge is -1.92. The number of ether oxygens (including phenoxy) is 1. The minimum atomic E-state index is -1.72. The monoisotopic (exact) mass is 208 g/mol. The van der Waals surface area contributed by atoms with Crippen LogP contribution in [0.15, 0.2) is 0 Å². The SMILES string of the molecule is O=C(Cl)C1(Cl)OC1(Cl)Cl. The third kappa shape index (κ3) is 1.03. The smallest absolute Gasteiger partial charge is 0.277 e. The fraction of sp³-hybridized carbons (Fsp3) is 0.667. The molecule has 1 unspecified atom stereocenters. The van der Waals surface area contributed by atoms with Gasteiger partial charge in [-0.25, -0.2) is 0 Å². The molecule has 6 heteroatoms. The van der Waals surface area contributed by atoms with E-state index in [1.807, 2.05) is 0 Å². The van der Waals surface area contributed by atoms with Crippen LogP contribution in [-0.4, -0.2) is 14.8 Å². The van der Waals surface area contributed by atoms with E-state index in [1.54, 1.807) is 0 Å². The highest BCUT2D eigenvalue weighted by molar-refractivity contribution is 6.75. The van der Waals surface area contributed by atoms with Gasteiger partial charge < -0.3 is 4.74 Å². The summed E-state index contributed by atoms with van der Waals surface area (Å²) in [6, 6.07) is 0. The maximum Gasteiger partial charge on any atom is 0.277 e. The predicted molar refractivity (Wildman–Crippen MR) is 35.0 cm³/mol. The summed E-state index contributed by atoms with van der Waals surface area (Å²) in [5.41, 5.74) is 0. The lowest BCUT2D eigenvalue weighted by molar-refractivity contribution is -0.113. The molecule has 0 amide bonds. The van der Waals surface area contributed by atoms with Gasteiger partial charge in [-0.1, -0.05) is 34.8 Å². The van der Waals surface area contributed by atoms with Crippen LogP contribution in [0.2, 0.25) is 0 Å². The Morgan fingerprint density at radius 2 is 1.67 bits per heavy atom. The Kier molecular flexibility index (Phi) is 1.66. The standard InChI is InChI=1S/C3Cl4O2/c4-1(8)2(5)3(6,7)9-2. The maximum atomic E-state index is 10.3. The number of carbonyl (C=O) groups is 1. The molecule has 2 nitrogen and oxygen atoms in total. The number of alkyl halides is 3. The molecule has 0 aromatic carbocycles. The molecule has 1 heterocycles. The van der Waals surface area contributed by atoms with Crippen LogP contribution >= 0.6 is 46.4 Å². The van der Waals surface area contributed by atoms with Crippen molar-refractivity contribution in [2.45, 2.75) is 9.58 Å². The molecule has 0 N–H and O–H groups in total. The lowest BCUT2D eigenvalue weighted by Crippen LogP contribution is -2.16. The first-order valence-electron chi connectivity index (χ1n) is 1.87. The van der Waals surface area contributed by atoms with Crippen molar-refractivity contribution < 1.29 is 9.53 Å². The second-order valence-corrected chi connectivity index (χ2v) is 3.62. The predicted octanol–water partition coefficient (Wildman–Crippen LogP) is 1.85. The molecule has 0 aromatic heterocycles. The second-order valence-electron chi connectivity index (χ2n) is 1.49. The van der Waals surface area contributed by atoms with Gasteiger partial charge >= 0.3 is 0 Å². The minimum Gasteiger partial charge on any atom is -0.307 e. The first-order chi connectivity index (χ1) is 3.90. The van der Waals surface area contributed by atoms with Gasteiger partial charge in [0, 0.05) is 0 Å². The first-order valence-corrected chi connectivity index (χ1v) is 3.38. The molecule has 0 bridgehead atoms. The van der Waals surface area contributed by atoms with Gasteiger partial charge in [-0.05, 0) is 11.6 Å². The van der Waals surface area contributed by atoms with Crippen molar-refractivity contribution in [2.75, 3.05) is 0 Å². The van der Waals surface area contributed by atoms with Gasteiger partial charge in [0.1, 0.15) is 0 Å². The quantitative estimate of drug-likeness (QED) is 0.375. The van der Waals surface area contributed by atoms with Crippen LogP contribution in [-0.2, 0) is 9.53 Å². The fourth-order valence-electron chi connectivity index (χ4n) is 0.306. The van der Waals surface area contributed by atoms with Crippen molar-refractivity contribution in [3.8, 4) is 0 Å². The molecule has 1 atom stereocenters. The van der Waals surface area contributed by atoms with Crippen LogP contribution in [0.5, 0.6) is 0 Å². The molecule has 1 aliphatic heterocycles. The zero-order chi connectivity index (χ0) is 7.28. The van der Waals surface area contributed by atoms with Gasteiger partial charge in [0.25, 0.3) is 14.8 Å². The van der Waals surface area contributed by atoms with Crippen molar-refractivity contribution in [1.82, 2.24) is 0 Å². The van der Waals surface area contributed by atoms with E-state index in [4.69, 9.17) is 46.4 Å². The van der Waals surface area contributed by atoms with E-state index in [0.29, 0.717) is 0 Å². The first kappa shape index (κ1) is 7.89. The van der Waals surface area contributed by atoms with Crippen LogP contribution in [0.1, 0.15) is 0 Å². The van der Waals surface area contributed by atoms with Crippen molar-refractivity contribution in [3.63, 3.8) is 0 Å². The zero-order valence-corrected chi connectivity index (χ0v) is 6.85. The minimum absolute atomic E-state index is 0.908. The molecule has 0 aliphatic carbocycles. The Labute approximate surface area is 71.0 Å². The Bertz CT molecular complexity index is 167. The lowest BCUT2D eigenvalue weighted by atomic mass is 10.5. The summed E-state index contributed by atoms with van der Waals surface area (Å²) in [6.07, 6.45) is 0. The summed E-state index contributed by atoms with van der Waals surface area (Å²) >= 11 is 20.7. The molecule has 1 saturated heterocycles. The molecule has 0 spiro atoms. The maximum absolute atomic E-state index is 10.3. The summed E-state index contributed by atoms with van der Waals surface area (Å²) < 4.78 is 2.72. The Morgan fingerprint density at radius 1 is 1.33 bits per heavy atom. The molecule has 1 rings (SSSR count). The molecule has 0 radical (unpaired) electrons. The average Bonchev–Trinajstić information content (AvgIpc) is 2.08. The topological polar surface area (TPSA) is 29.6 Å². The molecular formula is C3Cl4O2. The summed E-state index contributed by atoms with van der Waals surface area (Å²) in [5.74, 6) is 0. The molecule has 1 fully saturated rings. The third-order valence-corrected chi connectivity index (χ3v) is 2.61. The van der Waals surface area contributed by atoms with Crippen molar-refractivity contribution >= 4 is 51.6 Å². The van der Waals surface area contributed by atoms with E-state index in [1.165, 1.54) is 0 Å². The van der Waals surface area contributed by atoms with Crippen molar-refractivity contribution in [2.24, 2.45) is 0 Å². The molecule has 9 heavy (non-hydrogen) atoms. The van der Waals surface area contributed by atoms with Gasteiger partial charge in [-0.15, -0.1) is 0 Å². The Morgan fingerprint density at radius 3 is 1.67 bits per heavy atom. The summed E-state index contributed by atoms with van der Waals surface area (Å²) in [4.78, 5) is 10.3. The number of carbonyl (C=O) groups excluding carboxylic acids is 1. The summed E-state index contributed by atoms with van der Waals surface area (Å²) in [5, 5.41) is -2.63. The number of epoxide rings is 1. The van der Waals surface area contributed by atoms with E-state index >= 15 is 0 Å². The Hall–Kier alpha value is 0.790. The highest BCUT2D eigenvalue weighted by Crippen LogP contribution is 2.58. The highest BCUT2D eigenvalue weighted by atomic mass is 35.5. The molecule has 0 saturated carbocycles. The normalized spacial score (nSPS) is 38.2. The van der Waals surface area contributed by atoms with E-state index in [2.05, 4.69) is 4.74 Å². The number of halogens is 4. The van der Waals surface area contributed by atoms with E-state index < -0.39 is 14.8 Å². The van der Waals surface area contributed by atoms with Gasteiger partial charge in [0.2, 0.25) is 0 Å². The molecule has 1 aliphatic rings. The molecule has 52 valence electrons. The second kappa shape index (κ2) is 1.89. The fourth-order valence-corrected chi connectivity index (χ4v) is 1.17. The van der Waals surface area contributed by atoms with Gasteiger partial charge in [-0.2, -0.15) is 0 Å². The van der Waals surface area contributed by atoms with Crippen molar-refractivity contribution in [3.05, 3.63) is 0 Å². The highest BCUT2D eigenvalue weighted by Gasteiger charge is 2.73. The number of rotatable bonds is 1. The van der Waals surface area contributed by atoms with Crippen LogP contribution in [0.25, 0.3) is 0 Å². The molecular weight excluding hydrogens is 210 g/mol. The van der Waals surface area contributed by atoms with E-state index in [-0.39, 0.29) is 0 Å². The van der Waals surface area contributed by atoms with Gasteiger partial charge in [0.15, 0.2) is 0 Å². The summed E-state index contributed by atoms with van der Waals surface area (Å²) in [6.45, 7) is 0. The summed E-state index contributed by atoms with van der Waals surface area (Å²) in [7, 11) is 0.